The first kappa shape index (κ1) is 38.9. The van der Waals surface area contributed by atoms with Gasteiger partial charge < -0.3 is 9.13 Å². The van der Waals surface area contributed by atoms with Gasteiger partial charge in [-0.15, -0.1) is 0 Å². The maximum atomic E-state index is 5.28. The zero-order chi connectivity index (χ0) is 45.4. The predicted molar refractivity (Wildman–Crippen MR) is 287 cm³/mol. The molecule has 5 heteroatoms. The largest absolute Gasteiger partial charge is 0.309 e. The molecular weight excluding hydrogens is 839 g/mol. The van der Waals surface area contributed by atoms with E-state index in [1.807, 2.05) is 12.1 Å². The van der Waals surface area contributed by atoms with Crippen LogP contribution in [0.15, 0.2) is 249 Å². The van der Waals surface area contributed by atoms with Crippen LogP contribution in [0.4, 0.5) is 0 Å². The molecular formula is C64H41N5. The summed E-state index contributed by atoms with van der Waals surface area (Å²) < 4.78 is 7.12. The van der Waals surface area contributed by atoms with E-state index in [0.717, 1.165) is 66.7 Å². The predicted octanol–water partition coefficient (Wildman–Crippen LogP) is 16.4. The van der Waals surface area contributed by atoms with Gasteiger partial charge in [0.05, 0.1) is 44.5 Å². The third-order valence-corrected chi connectivity index (χ3v) is 13.9. The van der Waals surface area contributed by atoms with E-state index in [4.69, 9.17) is 9.97 Å². The average molecular weight is 880 g/mol. The number of para-hydroxylation sites is 3. The lowest BCUT2D eigenvalue weighted by Gasteiger charge is -2.12. The molecule has 14 aromatic rings. The molecule has 0 spiro atoms. The Hall–Kier alpha value is -9.32. The first-order chi connectivity index (χ1) is 34.2. The van der Waals surface area contributed by atoms with E-state index in [0.29, 0.717) is 5.95 Å². The lowest BCUT2D eigenvalue weighted by Crippen LogP contribution is -2.04. The Balaban J connectivity index is 0.949. The van der Waals surface area contributed by atoms with Crippen molar-refractivity contribution in [3.63, 3.8) is 0 Å². The van der Waals surface area contributed by atoms with Gasteiger partial charge in [0, 0.05) is 54.8 Å². The van der Waals surface area contributed by atoms with Crippen molar-refractivity contribution in [3.8, 4) is 62.1 Å². The second-order valence-electron chi connectivity index (χ2n) is 17.8. The zero-order valence-corrected chi connectivity index (χ0v) is 37.4. The van der Waals surface area contributed by atoms with Gasteiger partial charge in [-0.1, -0.05) is 182 Å². The Morgan fingerprint density at radius 1 is 0.232 bits per heavy atom. The lowest BCUT2D eigenvalue weighted by molar-refractivity contribution is 0.995. The second-order valence-corrected chi connectivity index (χ2v) is 17.8. The standard InChI is InChI=1S/C64H41N5/c1-4-17-42(18-5-1)43-31-33-44(34-32-43)47-23-16-24-48(39-47)67-57-29-14-11-26-51(57)62-60(67)37-38-61-63(62)52-27-12-15-30-58(52)68(61)49-35-36-59-53(40-49)50-25-10-13-28-56(50)69(59)64-65-54(45-19-6-2-7-20-45)41-55(66-64)46-21-8-3-9-22-46/h1-41H. The molecule has 0 radical (unpaired) electrons. The quantitative estimate of drug-likeness (QED) is 0.160. The van der Waals surface area contributed by atoms with Gasteiger partial charge in [0.1, 0.15) is 0 Å². The summed E-state index contributed by atoms with van der Waals surface area (Å²) in [5.41, 5.74) is 17.6. The van der Waals surface area contributed by atoms with Crippen LogP contribution in [0.25, 0.3) is 128 Å². The maximum Gasteiger partial charge on any atom is 0.235 e. The molecule has 0 amide bonds. The van der Waals surface area contributed by atoms with E-state index >= 15 is 0 Å². The van der Waals surface area contributed by atoms with E-state index in [2.05, 4.69) is 250 Å². The zero-order valence-electron chi connectivity index (χ0n) is 37.4. The highest BCUT2D eigenvalue weighted by atomic mass is 15.2. The van der Waals surface area contributed by atoms with Crippen LogP contribution in [0.1, 0.15) is 0 Å². The number of hydrogen-bond donors (Lipinski definition) is 0. The lowest BCUT2D eigenvalue weighted by atomic mass is 10.00. The van der Waals surface area contributed by atoms with Crippen molar-refractivity contribution >= 4 is 65.4 Å². The normalized spacial score (nSPS) is 11.8. The van der Waals surface area contributed by atoms with E-state index in [1.54, 1.807) is 0 Å². The Morgan fingerprint density at radius 2 is 0.638 bits per heavy atom. The molecule has 0 N–H and O–H groups in total. The second kappa shape index (κ2) is 15.7. The summed E-state index contributed by atoms with van der Waals surface area (Å²) in [6.07, 6.45) is 0. The van der Waals surface area contributed by atoms with Crippen molar-refractivity contribution in [2.45, 2.75) is 0 Å². The van der Waals surface area contributed by atoms with E-state index in [9.17, 15) is 0 Å². The smallest absolute Gasteiger partial charge is 0.235 e. The fraction of sp³-hybridized carbons (Fsp3) is 0. The van der Waals surface area contributed by atoms with Crippen LogP contribution in [0.2, 0.25) is 0 Å². The van der Waals surface area contributed by atoms with Crippen molar-refractivity contribution in [2.75, 3.05) is 0 Å². The molecule has 10 aromatic carbocycles. The fourth-order valence-corrected chi connectivity index (χ4v) is 10.7. The summed E-state index contributed by atoms with van der Waals surface area (Å²) in [7, 11) is 0. The topological polar surface area (TPSA) is 40.6 Å². The first-order valence-electron chi connectivity index (χ1n) is 23.5. The van der Waals surface area contributed by atoms with E-state index < -0.39 is 0 Å². The number of hydrogen-bond acceptors (Lipinski definition) is 2. The highest BCUT2D eigenvalue weighted by Gasteiger charge is 2.23. The fourth-order valence-electron chi connectivity index (χ4n) is 10.7. The van der Waals surface area contributed by atoms with Gasteiger partial charge in [-0.2, -0.15) is 0 Å². The molecule has 0 aliphatic heterocycles. The molecule has 0 saturated heterocycles. The number of nitrogens with zero attached hydrogens (tertiary/aromatic N) is 5. The SMILES string of the molecule is c1ccc(-c2ccc(-c3cccc(-n4c5ccccc5c5c6c7ccccc7n(-c7ccc8c(c7)c7ccccc7n8-c7nc(-c8ccccc8)cc(-c8ccccc8)n7)c6ccc54)c3)cc2)cc1. The van der Waals surface area contributed by atoms with Crippen LogP contribution >= 0.6 is 0 Å². The maximum absolute atomic E-state index is 5.28. The van der Waals surface area contributed by atoms with Crippen LogP contribution in [0.3, 0.4) is 0 Å². The molecule has 0 bridgehead atoms. The van der Waals surface area contributed by atoms with Gasteiger partial charge in [0.15, 0.2) is 0 Å². The number of aromatic nitrogens is 5. The monoisotopic (exact) mass is 879 g/mol. The summed E-state index contributed by atoms with van der Waals surface area (Å²) in [4.78, 5) is 10.6. The summed E-state index contributed by atoms with van der Waals surface area (Å²) in [6, 6.07) is 89.2. The highest BCUT2D eigenvalue weighted by Crippen LogP contribution is 2.44. The molecule has 0 aliphatic rings. The van der Waals surface area contributed by atoms with Crippen LogP contribution in [0.5, 0.6) is 0 Å². The Morgan fingerprint density at radius 3 is 1.20 bits per heavy atom. The van der Waals surface area contributed by atoms with Gasteiger partial charge in [0.25, 0.3) is 0 Å². The summed E-state index contributed by atoms with van der Waals surface area (Å²) >= 11 is 0. The summed E-state index contributed by atoms with van der Waals surface area (Å²) in [5.74, 6) is 0.635. The van der Waals surface area contributed by atoms with E-state index in [-0.39, 0.29) is 0 Å². The molecule has 0 saturated carbocycles. The molecule has 0 unspecified atom stereocenters. The Kier molecular flexibility index (Phi) is 8.83. The minimum atomic E-state index is 0.635. The number of benzene rings is 10. The van der Waals surface area contributed by atoms with Crippen molar-refractivity contribution in [1.82, 2.24) is 23.7 Å². The molecule has 0 aliphatic carbocycles. The highest BCUT2D eigenvalue weighted by molar-refractivity contribution is 6.29. The van der Waals surface area contributed by atoms with Crippen LogP contribution in [-0.4, -0.2) is 23.7 Å². The number of fused-ring (bicyclic) bond motifs is 10. The van der Waals surface area contributed by atoms with Crippen molar-refractivity contribution in [1.29, 1.82) is 0 Å². The van der Waals surface area contributed by atoms with Crippen LogP contribution in [-0.2, 0) is 0 Å². The molecule has 69 heavy (non-hydrogen) atoms. The minimum Gasteiger partial charge on any atom is -0.309 e. The van der Waals surface area contributed by atoms with Gasteiger partial charge in [-0.25, -0.2) is 9.97 Å². The molecule has 4 aromatic heterocycles. The van der Waals surface area contributed by atoms with Crippen molar-refractivity contribution < 1.29 is 0 Å². The minimum absolute atomic E-state index is 0.635. The average Bonchev–Trinajstić information content (AvgIpc) is 4.07. The first-order valence-corrected chi connectivity index (χ1v) is 23.5. The Labute approximate surface area is 398 Å². The molecule has 4 heterocycles. The van der Waals surface area contributed by atoms with E-state index in [1.165, 1.54) is 54.8 Å². The van der Waals surface area contributed by atoms with Crippen molar-refractivity contribution in [3.05, 3.63) is 249 Å². The van der Waals surface area contributed by atoms with Gasteiger partial charge in [-0.3, -0.25) is 4.57 Å². The third kappa shape index (κ3) is 6.25. The summed E-state index contributed by atoms with van der Waals surface area (Å²) in [5, 5.41) is 7.21. The molecule has 14 rings (SSSR count). The number of rotatable bonds is 7. The summed E-state index contributed by atoms with van der Waals surface area (Å²) in [6.45, 7) is 0. The molecule has 322 valence electrons. The molecule has 5 nitrogen and oxygen atoms in total. The van der Waals surface area contributed by atoms with Crippen molar-refractivity contribution in [2.24, 2.45) is 0 Å². The molecule has 0 atom stereocenters. The van der Waals surface area contributed by atoms with Gasteiger partial charge >= 0.3 is 0 Å². The third-order valence-electron chi connectivity index (χ3n) is 13.9. The molecule has 0 fully saturated rings. The van der Waals surface area contributed by atoms with Crippen LogP contribution < -0.4 is 0 Å². The Bertz CT molecular complexity index is 4220. The van der Waals surface area contributed by atoms with Gasteiger partial charge in [-0.05, 0) is 89.0 Å². The van der Waals surface area contributed by atoms with Crippen LogP contribution in [0, 0.1) is 0 Å². The van der Waals surface area contributed by atoms with Gasteiger partial charge in [0.2, 0.25) is 5.95 Å².